The zero-order valence-corrected chi connectivity index (χ0v) is 32.7. The molecule has 0 saturated heterocycles. The fraction of sp³-hybridized carbons (Fsp3) is 0.0588. The lowest BCUT2D eigenvalue weighted by atomic mass is 9.95. The van der Waals surface area contributed by atoms with Crippen LogP contribution in [-0.4, -0.2) is 28.0 Å². The van der Waals surface area contributed by atoms with Crippen molar-refractivity contribution in [2.24, 2.45) is 0 Å². The van der Waals surface area contributed by atoms with E-state index in [1.54, 1.807) is 0 Å². The maximum Gasteiger partial charge on any atom is 0.164 e. The largest absolute Gasteiger partial charge is 0.256 e. The SMILES string of the molecule is C[Si](C)(C)c1ccc(-c2cccc(-c3cccc(-c4cccc(-c5nc(-c6ccccc6)nc(-c6ccc(-c7ccnc8ccccc78)cc6)n5)c4)c3)c2)cc1. The molecule has 0 spiro atoms. The van der Waals surface area contributed by atoms with Gasteiger partial charge in [-0.15, -0.1) is 0 Å². The van der Waals surface area contributed by atoms with Gasteiger partial charge in [-0.05, 0) is 74.8 Å². The summed E-state index contributed by atoms with van der Waals surface area (Å²) in [5.41, 5.74) is 13.1. The minimum absolute atomic E-state index is 0.627. The van der Waals surface area contributed by atoms with Gasteiger partial charge in [0.15, 0.2) is 17.5 Å². The maximum atomic E-state index is 5.08. The maximum absolute atomic E-state index is 5.08. The first kappa shape index (κ1) is 34.9. The van der Waals surface area contributed by atoms with Crippen LogP contribution in [-0.2, 0) is 0 Å². The number of aromatic nitrogens is 4. The summed E-state index contributed by atoms with van der Waals surface area (Å²) >= 11 is 0. The Kier molecular flexibility index (Phi) is 9.21. The van der Waals surface area contributed by atoms with Crippen LogP contribution in [0.2, 0.25) is 19.6 Å². The summed E-state index contributed by atoms with van der Waals surface area (Å²) in [5, 5.41) is 2.60. The minimum atomic E-state index is -1.35. The van der Waals surface area contributed by atoms with E-state index in [1.165, 1.54) is 27.4 Å². The summed E-state index contributed by atoms with van der Waals surface area (Å²) in [6.45, 7) is 7.17. The van der Waals surface area contributed by atoms with Crippen molar-refractivity contribution >= 4 is 24.2 Å². The Morgan fingerprint density at radius 1 is 0.339 bits per heavy atom. The van der Waals surface area contributed by atoms with E-state index in [-0.39, 0.29) is 0 Å². The van der Waals surface area contributed by atoms with Crippen molar-refractivity contribution in [2.45, 2.75) is 19.6 Å². The van der Waals surface area contributed by atoms with E-state index in [1.807, 2.05) is 48.7 Å². The normalized spacial score (nSPS) is 11.5. The molecule has 0 aliphatic rings. The van der Waals surface area contributed by atoms with Crippen LogP contribution in [0, 0.1) is 0 Å². The van der Waals surface area contributed by atoms with E-state index in [0.29, 0.717) is 17.5 Å². The van der Waals surface area contributed by atoms with E-state index in [9.17, 15) is 0 Å². The third-order valence-corrected chi connectivity index (χ3v) is 12.4. The molecule has 7 aromatic carbocycles. The number of hydrogen-bond donors (Lipinski definition) is 0. The average molecular weight is 737 g/mol. The molecule has 0 atom stereocenters. The Hall–Kier alpha value is -6.82. The zero-order valence-electron chi connectivity index (χ0n) is 31.7. The molecule has 268 valence electrons. The highest BCUT2D eigenvalue weighted by atomic mass is 28.3. The third-order valence-electron chi connectivity index (χ3n) is 10.4. The molecule has 0 radical (unpaired) electrons. The molecule has 0 aliphatic carbocycles. The van der Waals surface area contributed by atoms with Crippen LogP contribution in [0.15, 0.2) is 188 Å². The number of para-hydroxylation sites is 1. The van der Waals surface area contributed by atoms with E-state index in [0.717, 1.165) is 49.8 Å². The Labute approximate surface area is 329 Å². The standard InChI is InChI=1S/C51H40N4Si/c1-56(2,3)45-28-26-35(27-29-45)39-14-9-15-40(32-39)41-16-10-17-42(33-41)43-18-11-19-44(34-43)51-54-49(37-12-5-4-6-13-37)53-50(55-51)38-24-22-36(23-25-38)46-30-31-52-48-21-8-7-20-47(46)48/h4-34H,1-3H3. The molecule has 4 nitrogen and oxygen atoms in total. The second-order valence-corrected chi connectivity index (χ2v) is 20.3. The summed E-state index contributed by atoms with van der Waals surface area (Å²) in [6.07, 6.45) is 1.87. The Morgan fingerprint density at radius 2 is 0.768 bits per heavy atom. The molecule has 5 heteroatoms. The number of rotatable bonds is 8. The number of nitrogens with zero attached hydrogens (tertiary/aromatic N) is 4. The monoisotopic (exact) mass is 736 g/mol. The van der Waals surface area contributed by atoms with E-state index in [2.05, 4.69) is 164 Å². The quantitative estimate of drug-likeness (QED) is 0.146. The van der Waals surface area contributed by atoms with Crippen molar-refractivity contribution in [1.82, 2.24) is 19.9 Å². The van der Waals surface area contributed by atoms with Crippen molar-refractivity contribution in [2.75, 3.05) is 0 Å². The van der Waals surface area contributed by atoms with E-state index in [4.69, 9.17) is 15.0 Å². The predicted molar refractivity (Wildman–Crippen MR) is 236 cm³/mol. The molecule has 0 N–H and O–H groups in total. The van der Waals surface area contributed by atoms with Gasteiger partial charge in [0.2, 0.25) is 0 Å². The van der Waals surface area contributed by atoms with Crippen LogP contribution in [0.25, 0.3) is 89.6 Å². The smallest absolute Gasteiger partial charge is 0.164 e. The van der Waals surface area contributed by atoms with Gasteiger partial charge < -0.3 is 0 Å². The summed E-state index contributed by atoms with van der Waals surface area (Å²) in [7, 11) is -1.35. The van der Waals surface area contributed by atoms with Crippen molar-refractivity contribution < 1.29 is 0 Å². The minimum Gasteiger partial charge on any atom is -0.256 e. The van der Waals surface area contributed by atoms with E-state index >= 15 is 0 Å². The second kappa shape index (κ2) is 14.8. The molecule has 2 aromatic heterocycles. The summed E-state index contributed by atoms with van der Waals surface area (Å²) in [6, 6.07) is 64.1. The van der Waals surface area contributed by atoms with E-state index < -0.39 is 8.07 Å². The molecule has 9 rings (SSSR count). The van der Waals surface area contributed by atoms with Crippen LogP contribution in [0.3, 0.4) is 0 Å². The van der Waals surface area contributed by atoms with Crippen LogP contribution < -0.4 is 5.19 Å². The average Bonchev–Trinajstić information content (AvgIpc) is 3.26. The first-order valence-corrected chi connectivity index (χ1v) is 22.5. The first-order valence-electron chi connectivity index (χ1n) is 19.0. The molecule has 56 heavy (non-hydrogen) atoms. The number of hydrogen-bond acceptors (Lipinski definition) is 4. The van der Waals surface area contributed by atoms with Gasteiger partial charge in [-0.3, -0.25) is 4.98 Å². The first-order chi connectivity index (χ1) is 27.4. The lowest BCUT2D eigenvalue weighted by Crippen LogP contribution is -2.37. The lowest BCUT2D eigenvalue weighted by Gasteiger charge is -2.17. The van der Waals surface area contributed by atoms with Crippen molar-refractivity contribution in [3.05, 3.63) is 188 Å². The van der Waals surface area contributed by atoms with Gasteiger partial charge in [-0.25, -0.2) is 15.0 Å². The molecule has 0 amide bonds. The van der Waals surface area contributed by atoms with Gasteiger partial charge in [0.25, 0.3) is 0 Å². The number of fused-ring (bicyclic) bond motifs is 1. The fourth-order valence-electron chi connectivity index (χ4n) is 7.25. The molecular formula is C51H40N4Si. The lowest BCUT2D eigenvalue weighted by molar-refractivity contribution is 1.07. The second-order valence-electron chi connectivity index (χ2n) is 15.2. The van der Waals surface area contributed by atoms with Crippen molar-refractivity contribution in [1.29, 1.82) is 0 Å². The molecule has 9 aromatic rings. The molecule has 0 fully saturated rings. The summed E-state index contributed by atoms with van der Waals surface area (Å²) in [4.78, 5) is 19.6. The van der Waals surface area contributed by atoms with Gasteiger partial charge in [0.1, 0.15) is 0 Å². The molecular weight excluding hydrogens is 697 g/mol. The van der Waals surface area contributed by atoms with Crippen LogP contribution in [0.1, 0.15) is 0 Å². The van der Waals surface area contributed by atoms with Gasteiger partial charge in [0, 0.05) is 28.3 Å². The van der Waals surface area contributed by atoms with Crippen molar-refractivity contribution in [3.63, 3.8) is 0 Å². The number of benzene rings is 7. The van der Waals surface area contributed by atoms with Gasteiger partial charge in [-0.2, -0.15) is 0 Å². The molecule has 0 saturated carbocycles. The van der Waals surface area contributed by atoms with Gasteiger partial charge >= 0.3 is 0 Å². The summed E-state index contributed by atoms with van der Waals surface area (Å²) < 4.78 is 0. The van der Waals surface area contributed by atoms with Crippen molar-refractivity contribution in [3.8, 4) is 78.7 Å². The molecule has 0 aliphatic heterocycles. The zero-order chi connectivity index (χ0) is 38.1. The number of pyridine rings is 1. The van der Waals surface area contributed by atoms with Gasteiger partial charge in [-0.1, -0.05) is 176 Å². The van der Waals surface area contributed by atoms with Crippen LogP contribution in [0.4, 0.5) is 0 Å². The predicted octanol–water partition coefficient (Wildman–Crippen LogP) is 12.6. The fourth-order valence-corrected chi connectivity index (χ4v) is 8.42. The Morgan fingerprint density at radius 3 is 1.36 bits per heavy atom. The summed E-state index contributed by atoms with van der Waals surface area (Å²) in [5.74, 6) is 1.89. The highest BCUT2D eigenvalue weighted by Crippen LogP contribution is 2.33. The highest BCUT2D eigenvalue weighted by Gasteiger charge is 2.17. The highest BCUT2D eigenvalue weighted by molar-refractivity contribution is 6.88. The van der Waals surface area contributed by atoms with Crippen LogP contribution >= 0.6 is 0 Å². The Balaban J connectivity index is 1.05. The molecule has 0 unspecified atom stereocenters. The van der Waals surface area contributed by atoms with Crippen LogP contribution in [0.5, 0.6) is 0 Å². The topological polar surface area (TPSA) is 51.6 Å². The molecule has 2 heterocycles. The van der Waals surface area contributed by atoms with Gasteiger partial charge in [0.05, 0.1) is 13.6 Å². The molecule has 0 bridgehead atoms. The Bertz CT molecular complexity index is 2820. The third kappa shape index (κ3) is 7.20.